The molecule has 1 aromatic carbocycles. The molecule has 2 fully saturated rings. The second-order valence-electron chi connectivity index (χ2n) is 8.36. The first-order valence-electron chi connectivity index (χ1n) is 10.6. The van der Waals surface area contributed by atoms with Gasteiger partial charge in [0.05, 0.1) is 22.2 Å². The van der Waals surface area contributed by atoms with Gasteiger partial charge in [-0.3, -0.25) is 4.79 Å². The predicted octanol–water partition coefficient (Wildman–Crippen LogP) is 3.62. The molecule has 2 aliphatic rings. The number of hydrogen-bond donors (Lipinski definition) is 0. The van der Waals surface area contributed by atoms with E-state index < -0.39 is 27.7 Å². The van der Waals surface area contributed by atoms with E-state index in [1.165, 1.54) is 22.6 Å². The van der Waals surface area contributed by atoms with Gasteiger partial charge < -0.3 is 9.64 Å². The molecule has 0 bridgehead atoms. The van der Waals surface area contributed by atoms with E-state index in [1.54, 1.807) is 35.2 Å². The topological polar surface area (TPSA) is 79.8 Å². The molecule has 0 saturated carbocycles. The van der Waals surface area contributed by atoms with E-state index in [-0.39, 0.29) is 29.8 Å². The molecular weight excluding hydrogens is 459 g/mol. The van der Waals surface area contributed by atoms with Gasteiger partial charge in [-0.1, -0.05) is 18.2 Å². The third kappa shape index (κ3) is 4.56. The van der Waals surface area contributed by atoms with Crippen molar-refractivity contribution in [2.24, 2.45) is 5.41 Å². The van der Waals surface area contributed by atoms with Gasteiger partial charge in [0, 0.05) is 25.7 Å². The fourth-order valence-electron chi connectivity index (χ4n) is 4.28. The lowest BCUT2D eigenvalue weighted by molar-refractivity contribution is -0.189. The fourth-order valence-corrected chi connectivity index (χ4v) is 5.74. The van der Waals surface area contributed by atoms with Crippen LogP contribution in [0, 0.1) is 5.41 Å². The highest BCUT2D eigenvalue weighted by molar-refractivity contribution is 7.89. The van der Waals surface area contributed by atoms with Gasteiger partial charge in [0.15, 0.2) is 6.10 Å². The molecule has 0 aliphatic carbocycles. The number of nitrogens with zero attached hydrogens (tertiary/aromatic N) is 3. The third-order valence-corrected chi connectivity index (χ3v) is 8.28. The normalized spacial score (nSPS) is 20.2. The molecule has 0 radical (unpaired) electrons. The van der Waals surface area contributed by atoms with Crippen molar-refractivity contribution in [3.63, 3.8) is 0 Å². The summed E-state index contributed by atoms with van der Waals surface area (Å²) in [6.45, 7) is 1.83. The summed E-state index contributed by atoms with van der Waals surface area (Å²) in [7, 11) is -3.61. The largest absolute Gasteiger partial charge is 0.465 e. The van der Waals surface area contributed by atoms with Crippen LogP contribution in [0.5, 0.6) is 5.88 Å². The smallest absolute Gasteiger partial charge is 0.425 e. The van der Waals surface area contributed by atoms with Gasteiger partial charge in [0.1, 0.15) is 0 Å². The fraction of sp³-hybridized carbons (Fsp3) is 0.455. The van der Waals surface area contributed by atoms with Crippen LogP contribution < -0.4 is 9.64 Å². The standard InChI is InChI=1S/C22H24F3N3O4S/c1-16(22(23,24)25)32-19-8-7-17(15-26-19)28-14-11-21(20(28)29)9-12-27(13-10-21)33(30,31)18-5-3-2-4-6-18/h2-8,15-16H,9-14H2,1H3. The first-order valence-corrected chi connectivity index (χ1v) is 12.0. The van der Waals surface area contributed by atoms with Crippen LogP contribution in [0.4, 0.5) is 18.9 Å². The van der Waals surface area contributed by atoms with Crippen molar-refractivity contribution >= 4 is 21.6 Å². The Morgan fingerprint density at radius 2 is 1.67 bits per heavy atom. The minimum Gasteiger partial charge on any atom is -0.465 e. The summed E-state index contributed by atoms with van der Waals surface area (Å²) >= 11 is 0. The maximum Gasteiger partial charge on any atom is 0.425 e. The second-order valence-corrected chi connectivity index (χ2v) is 10.3. The van der Waals surface area contributed by atoms with Crippen molar-refractivity contribution in [1.29, 1.82) is 0 Å². The molecule has 1 atom stereocenters. The van der Waals surface area contributed by atoms with E-state index in [2.05, 4.69) is 4.98 Å². The van der Waals surface area contributed by atoms with Gasteiger partial charge in [-0.25, -0.2) is 13.4 Å². The van der Waals surface area contributed by atoms with Gasteiger partial charge in [0.25, 0.3) is 0 Å². The summed E-state index contributed by atoms with van der Waals surface area (Å²) in [6, 6.07) is 11.0. The zero-order valence-corrected chi connectivity index (χ0v) is 18.8. The Labute approximate surface area is 190 Å². The third-order valence-electron chi connectivity index (χ3n) is 6.36. The summed E-state index contributed by atoms with van der Waals surface area (Å²) < 4.78 is 70.0. The molecule has 2 saturated heterocycles. The van der Waals surface area contributed by atoms with Crippen molar-refractivity contribution in [3.8, 4) is 5.88 Å². The van der Waals surface area contributed by atoms with Crippen LogP contribution in [-0.2, 0) is 14.8 Å². The van der Waals surface area contributed by atoms with Gasteiger partial charge >= 0.3 is 6.18 Å². The number of alkyl halides is 3. The lowest BCUT2D eigenvalue weighted by Gasteiger charge is -2.37. The number of carbonyl (C=O) groups excluding carboxylic acids is 1. The monoisotopic (exact) mass is 483 g/mol. The Morgan fingerprint density at radius 1 is 1.03 bits per heavy atom. The molecule has 7 nitrogen and oxygen atoms in total. The van der Waals surface area contributed by atoms with E-state index in [4.69, 9.17) is 4.74 Å². The highest BCUT2D eigenvalue weighted by Gasteiger charge is 2.50. The maximum atomic E-state index is 13.3. The van der Waals surface area contributed by atoms with E-state index >= 15 is 0 Å². The first-order chi connectivity index (χ1) is 15.5. The predicted molar refractivity (Wildman–Crippen MR) is 114 cm³/mol. The maximum absolute atomic E-state index is 13.3. The SMILES string of the molecule is CC(Oc1ccc(N2CCC3(CCN(S(=O)(=O)c4ccccc4)CC3)C2=O)cn1)C(F)(F)F. The lowest BCUT2D eigenvalue weighted by Crippen LogP contribution is -2.46. The van der Waals surface area contributed by atoms with Crippen molar-refractivity contribution < 1.29 is 31.1 Å². The summed E-state index contributed by atoms with van der Waals surface area (Å²) in [5.74, 6) is -0.289. The van der Waals surface area contributed by atoms with Crippen LogP contribution in [-0.4, -0.2) is 55.5 Å². The Morgan fingerprint density at radius 3 is 2.24 bits per heavy atom. The van der Waals surface area contributed by atoms with Crippen molar-refractivity contribution in [2.45, 2.75) is 43.4 Å². The van der Waals surface area contributed by atoms with Crippen molar-refractivity contribution in [1.82, 2.24) is 9.29 Å². The molecule has 0 N–H and O–H groups in total. The molecule has 2 aromatic rings. The molecule has 33 heavy (non-hydrogen) atoms. The Kier molecular flexibility index (Phi) is 6.12. The van der Waals surface area contributed by atoms with Crippen molar-refractivity contribution in [2.75, 3.05) is 24.5 Å². The van der Waals surface area contributed by atoms with E-state index in [1.807, 2.05) is 0 Å². The van der Waals surface area contributed by atoms with Gasteiger partial charge in [0.2, 0.25) is 21.8 Å². The molecule has 11 heteroatoms. The number of carbonyl (C=O) groups is 1. The van der Waals surface area contributed by atoms with Crippen LogP contribution in [0.1, 0.15) is 26.2 Å². The van der Waals surface area contributed by atoms with E-state index in [0.29, 0.717) is 31.5 Å². The van der Waals surface area contributed by atoms with Gasteiger partial charge in [-0.2, -0.15) is 17.5 Å². The molecule has 4 rings (SSSR count). The molecule has 1 aromatic heterocycles. The van der Waals surface area contributed by atoms with Crippen LogP contribution >= 0.6 is 0 Å². The van der Waals surface area contributed by atoms with Gasteiger partial charge in [-0.05, 0) is 44.4 Å². The number of rotatable bonds is 5. The number of ether oxygens (including phenoxy) is 1. The van der Waals surface area contributed by atoms with Crippen molar-refractivity contribution in [3.05, 3.63) is 48.7 Å². The quantitative estimate of drug-likeness (QED) is 0.649. The average molecular weight is 484 g/mol. The summed E-state index contributed by atoms with van der Waals surface area (Å²) in [6.07, 6.45) is -3.78. The second kappa shape index (κ2) is 8.60. The Balaban J connectivity index is 1.41. The number of pyridine rings is 1. The number of sulfonamides is 1. The number of anilines is 1. The summed E-state index contributed by atoms with van der Waals surface area (Å²) in [4.78, 5) is 19.0. The van der Waals surface area contributed by atoms with E-state index in [0.717, 1.165) is 6.92 Å². The number of piperidine rings is 1. The molecule has 1 unspecified atom stereocenters. The molecule has 3 heterocycles. The number of benzene rings is 1. The molecule has 1 spiro atoms. The van der Waals surface area contributed by atoms with Crippen LogP contribution in [0.25, 0.3) is 0 Å². The summed E-state index contributed by atoms with van der Waals surface area (Å²) in [5.41, 5.74) is -0.175. The van der Waals surface area contributed by atoms with Crippen LogP contribution in [0.15, 0.2) is 53.6 Å². The zero-order valence-electron chi connectivity index (χ0n) is 18.0. The minimum absolute atomic E-state index is 0.113. The minimum atomic E-state index is -4.50. The number of amides is 1. The molecular formula is C22H24F3N3O4S. The zero-order chi connectivity index (χ0) is 23.9. The molecule has 1 amide bonds. The molecule has 178 valence electrons. The van der Waals surface area contributed by atoms with Crippen LogP contribution in [0.3, 0.4) is 0 Å². The Bertz CT molecular complexity index is 1100. The highest BCUT2D eigenvalue weighted by atomic mass is 32.2. The highest BCUT2D eigenvalue weighted by Crippen LogP contribution is 2.44. The van der Waals surface area contributed by atoms with E-state index in [9.17, 15) is 26.4 Å². The lowest BCUT2D eigenvalue weighted by atomic mass is 9.77. The Hall–Kier alpha value is -2.66. The first kappa shape index (κ1) is 23.5. The number of hydrogen-bond acceptors (Lipinski definition) is 5. The number of halogens is 3. The summed E-state index contributed by atoms with van der Waals surface area (Å²) in [5, 5.41) is 0. The van der Waals surface area contributed by atoms with Crippen LogP contribution in [0.2, 0.25) is 0 Å². The number of aromatic nitrogens is 1. The van der Waals surface area contributed by atoms with Gasteiger partial charge in [-0.15, -0.1) is 0 Å². The average Bonchev–Trinajstić information content (AvgIpc) is 3.10. The molecule has 2 aliphatic heterocycles.